The highest BCUT2D eigenvalue weighted by atomic mass is 32.1. The molecule has 0 amide bonds. The standard InChI is InChI=1S/C59H39NS/c1-3-39(57-46-28-12-14-30-48(46)59(49-31-15-13-29-47(49)57)60-51-32-18-16-22-40(51)41-23-17-19-33-52(41)60)58-50-35-34-38(36-54(50)61-53(58)4-2)56-44-26-10-8-24-42(44)55(37-20-6-5-7-21-37)43-25-9-11-27-45(43)56/h3-36H,2H2,1H3/b39-3-. The third-order valence-electron chi connectivity index (χ3n) is 12.7. The predicted molar refractivity (Wildman–Crippen MR) is 266 cm³/mol. The summed E-state index contributed by atoms with van der Waals surface area (Å²) < 4.78 is 3.74. The minimum absolute atomic E-state index is 1.18. The van der Waals surface area contributed by atoms with Crippen LogP contribution in [0, 0.1) is 0 Å². The van der Waals surface area contributed by atoms with Gasteiger partial charge in [-0.05, 0) is 90.8 Å². The molecule has 2 heteroatoms. The predicted octanol–water partition coefficient (Wildman–Crippen LogP) is 17.0. The largest absolute Gasteiger partial charge is 0.308 e. The Morgan fingerprint density at radius 3 is 1.38 bits per heavy atom. The van der Waals surface area contributed by atoms with Crippen molar-refractivity contribution in [2.75, 3.05) is 0 Å². The lowest BCUT2D eigenvalue weighted by molar-refractivity contribution is 1.21. The van der Waals surface area contributed by atoms with Crippen molar-refractivity contribution in [1.29, 1.82) is 0 Å². The van der Waals surface area contributed by atoms with Crippen LogP contribution in [0.25, 0.3) is 115 Å². The Kier molecular flexibility index (Phi) is 8.16. The van der Waals surface area contributed by atoms with E-state index in [1.54, 1.807) is 0 Å². The average Bonchev–Trinajstić information content (AvgIpc) is 3.86. The highest BCUT2D eigenvalue weighted by Crippen LogP contribution is 2.49. The maximum absolute atomic E-state index is 4.41. The van der Waals surface area contributed by atoms with Crippen LogP contribution in [0.15, 0.2) is 207 Å². The summed E-state index contributed by atoms with van der Waals surface area (Å²) in [5, 5.41) is 13.7. The Morgan fingerprint density at radius 1 is 0.426 bits per heavy atom. The van der Waals surface area contributed by atoms with Gasteiger partial charge in [0.1, 0.15) is 0 Å². The molecule has 12 rings (SSSR count). The Morgan fingerprint density at radius 2 is 0.869 bits per heavy atom. The lowest BCUT2D eigenvalue weighted by atomic mass is 9.85. The van der Waals surface area contributed by atoms with Gasteiger partial charge in [-0.15, -0.1) is 11.3 Å². The van der Waals surface area contributed by atoms with Gasteiger partial charge in [-0.25, -0.2) is 0 Å². The van der Waals surface area contributed by atoms with Crippen LogP contribution in [0.4, 0.5) is 0 Å². The van der Waals surface area contributed by atoms with Crippen LogP contribution in [0.3, 0.4) is 0 Å². The molecule has 0 radical (unpaired) electrons. The van der Waals surface area contributed by atoms with Crippen LogP contribution in [0.1, 0.15) is 22.9 Å². The van der Waals surface area contributed by atoms with Crippen LogP contribution >= 0.6 is 11.3 Å². The fourth-order valence-corrected chi connectivity index (χ4v) is 11.4. The van der Waals surface area contributed by atoms with Crippen molar-refractivity contribution in [3.05, 3.63) is 223 Å². The van der Waals surface area contributed by atoms with Crippen LogP contribution in [0.5, 0.6) is 0 Å². The zero-order chi connectivity index (χ0) is 40.6. The zero-order valence-electron chi connectivity index (χ0n) is 33.7. The summed E-state index contributed by atoms with van der Waals surface area (Å²) in [7, 11) is 0. The topological polar surface area (TPSA) is 4.93 Å². The second-order valence-electron chi connectivity index (χ2n) is 15.9. The second-order valence-corrected chi connectivity index (χ2v) is 16.9. The van der Waals surface area contributed by atoms with Gasteiger partial charge >= 0.3 is 0 Å². The number of para-hydroxylation sites is 2. The van der Waals surface area contributed by atoms with Crippen molar-refractivity contribution in [1.82, 2.24) is 4.57 Å². The average molecular weight is 794 g/mol. The fourth-order valence-electron chi connectivity index (χ4n) is 10.3. The molecule has 12 aromatic rings. The zero-order valence-corrected chi connectivity index (χ0v) is 34.5. The monoisotopic (exact) mass is 793 g/mol. The summed E-state index contributed by atoms with van der Waals surface area (Å²) in [5.74, 6) is 0. The minimum atomic E-state index is 1.18. The van der Waals surface area contributed by atoms with Gasteiger partial charge < -0.3 is 4.57 Å². The van der Waals surface area contributed by atoms with Crippen molar-refractivity contribution in [3.8, 4) is 27.9 Å². The van der Waals surface area contributed by atoms with Crippen molar-refractivity contribution in [3.63, 3.8) is 0 Å². The van der Waals surface area contributed by atoms with E-state index < -0.39 is 0 Å². The van der Waals surface area contributed by atoms with Crippen molar-refractivity contribution >= 4 is 98.0 Å². The van der Waals surface area contributed by atoms with Gasteiger partial charge in [0.2, 0.25) is 0 Å². The van der Waals surface area contributed by atoms with E-state index >= 15 is 0 Å². The van der Waals surface area contributed by atoms with E-state index in [9.17, 15) is 0 Å². The first-order chi connectivity index (χ1) is 30.2. The third kappa shape index (κ3) is 5.26. The summed E-state index contributed by atoms with van der Waals surface area (Å²) in [6.07, 6.45) is 4.37. The second kappa shape index (κ2) is 14.1. The molecule has 0 N–H and O–H groups in total. The van der Waals surface area contributed by atoms with E-state index in [1.165, 1.54) is 125 Å². The third-order valence-corrected chi connectivity index (χ3v) is 13.9. The molecule has 10 aromatic carbocycles. The van der Waals surface area contributed by atoms with Gasteiger partial charge in [0.25, 0.3) is 0 Å². The molecule has 2 heterocycles. The molecule has 0 aliphatic rings. The molecule has 0 unspecified atom stereocenters. The molecule has 0 spiro atoms. The molecule has 0 fully saturated rings. The number of rotatable bonds is 6. The molecule has 2 aromatic heterocycles. The van der Waals surface area contributed by atoms with Crippen LogP contribution in [-0.4, -0.2) is 4.57 Å². The van der Waals surface area contributed by atoms with Crippen molar-refractivity contribution in [2.45, 2.75) is 6.92 Å². The van der Waals surface area contributed by atoms with Crippen molar-refractivity contribution in [2.24, 2.45) is 0 Å². The summed E-state index contributed by atoms with van der Waals surface area (Å²) in [4.78, 5) is 1.18. The minimum Gasteiger partial charge on any atom is -0.308 e. The molecule has 1 nitrogen and oxygen atoms in total. The van der Waals surface area contributed by atoms with Gasteiger partial charge in [-0.3, -0.25) is 0 Å². The molecule has 61 heavy (non-hydrogen) atoms. The summed E-state index contributed by atoms with van der Waals surface area (Å²) in [5.41, 5.74) is 12.3. The fraction of sp³-hybridized carbons (Fsp3) is 0.0169. The maximum atomic E-state index is 4.41. The number of thiophene rings is 1. The van der Waals surface area contributed by atoms with Crippen LogP contribution in [0.2, 0.25) is 0 Å². The van der Waals surface area contributed by atoms with Gasteiger partial charge in [0, 0.05) is 42.1 Å². The Hall–Kier alpha value is -7.52. The molecular weight excluding hydrogens is 755 g/mol. The lowest BCUT2D eigenvalue weighted by Crippen LogP contribution is -2.01. The van der Waals surface area contributed by atoms with E-state index in [0.29, 0.717) is 0 Å². The van der Waals surface area contributed by atoms with Crippen LogP contribution < -0.4 is 0 Å². The molecular formula is C59H39NS. The molecule has 0 bridgehead atoms. The Bertz CT molecular complexity index is 3620. The molecule has 286 valence electrons. The smallest absolute Gasteiger partial charge is 0.0619 e. The molecule has 0 aliphatic heterocycles. The lowest BCUT2D eigenvalue weighted by Gasteiger charge is -2.21. The number of hydrogen-bond acceptors (Lipinski definition) is 1. The van der Waals surface area contributed by atoms with Crippen molar-refractivity contribution < 1.29 is 0 Å². The number of aromatic nitrogens is 1. The molecule has 0 saturated carbocycles. The first-order valence-corrected chi connectivity index (χ1v) is 21.8. The number of hydrogen-bond donors (Lipinski definition) is 0. The van der Waals surface area contributed by atoms with E-state index in [2.05, 4.69) is 224 Å². The van der Waals surface area contributed by atoms with Gasteiger partial charge in [-0.2, -0.15) is 0 Å². The highest BCUT2D eigenvalue weighted by molar-refractivity contribution is 7.20. The SMILES string of the molecule is C=Cc1sc2cc(-c3c4ccccc4c(-c4ccccc4)c4ccccc34)ccc2c1/C(=C\C)c1c2ccccc2c(-n2c3ccccc3c3ccccc32)c2ccccc12. The van der Waals surface area contributed by atoms with Crippen LogP contribution in [-0.2, 0) is 0 Å². The first kappa shape index (κ1) is 35.4. The number of nitrogens with zero attached hydrogens (tertiary/aromatic N) is 1. The molecule has 0 aliphatic carbocycles. The van der Waals surface area contributed by atoms with Gasteiger partial charge in [0.05, 0.1) is 16.7 Å². The normalized spacial score (nSPS) is 12.2. The number of fused-ring (bicyclic) bond motifs is 8. The summed E-state index contributed by atoms with van der Waals surface area (Å²) in [6, 6.07) is 71.4. The molecule has 0 saturated heterocycles. The summed E-state index contributed by atoms with van der Waals surface area (Å²) in [6.45, 7) is 6.60. The van der Waals surface area contributed by atoms with E-state index in [1.807, 2.05) is 11.3 Å². The Balaban J connectivity index is 1.10. The van der Waals surface area contributed by atoms with E-state index in [4.69, 9.17) is 0 Å². The quantitative estimate of drug-likeness (QED) is 0.148. The first-order valence-electron chi connectivity index (χ1n) is 21.0. The number of allylic oxidation sites excluding steroid dienone is 1. The van der Waals surface area contributed by atoms with Gasteiger partial charge in [0.15, 0.2) is 0 Å². The van der Waals surface area contributed by atoms with E-state index in [-0.39, 0.29) is 0 Å². The maximum Gasteiger partial charge on any atom is 0.0619 e. The van der Waals surface area contributed by atoms with Gasteiger partial charge in [-0.1, -0.05) is 195 Å². The summed E-state index contributed by atoms with van der Waals surface area (Å²) >= 11 is 1.83. The molecule has 0 atom stereocenters. The number of benzene rings is 10. The Labute approximate surface area is 358 Å². The van der Waals surface area contributed by atoms with E-state index in [0.717, 1.165) is 0 Å². The highest BCUT2D eigenvalue weighted by Gasteiger charge is 2.25.